The number of halogens is 1. The Morgan fingerprint density at radius 3 is 2.94 bits per heavy atom. The molecular formula is C12H16BrN3O. The van der Waals surface area contributed by atoms with Crippen molar-refractivity contribution >= 4 is 15.9 Å². The highest BCUT2D eigenvalue weighted by molar-refractivity contribution is 9.10. The normalized spacial score (nSPS) is 11.0. The summed E-state index contributed by atoms with van der Waals surface area (Å²) in [7, 11) is 1.95. The summed E-state index contributed by atoms with van der Waals surface area (Å²) in [6, 6.07) is 1.90. The number of nitrogens with one attached hydrogen (secondary N) is 1. The lowest BCUT2D eigenvalue weighted by Gasteiger charge is -2.02. The lowest BCUT2D eigenvalue weighted by molar-refractivity contribution is 0.480. The molecule has 2 aromatic rings. The van der Waals surface area contributed by atoms with Gasteiger partial charge >= 0.3 is 0 Å². The summed E-state index contributed by atoms with van der Waals surface area (Å²) in [4.78, 5) is 0. The van der Waals surface area contributed by atoms with Gasteiger partial charge < -0.3 is 9.73 Å². The quantitative estimate of drug-likeness (QED) is 0.922. The summed E-state index contributed by atoms with van der Waals surface area (Å²) in [6.07, 6.45) is 4.70. The molecule has 5 heteroatoms. The number of hydrogen-bond acceptors (Lipinski definition) is 3. The topological polar surface area (TPSA) is 43.0 Å². The standard InChI is InChI=1S/C12H16BrN3O/c1-3-11-9(8-16(2)15-11)6-14-7-12-10(13)4-5-17-12/h4-5,8,14H,3,6-7H2,1-2H3. The molecule has 4 nitrogen and oxygen atoms in total. The van der Waals surface area contributed by atoms with Crippen molar-refractivity contribution in [2.45, 2.75) is 26.4 Å². The molecule has 2 heterocycles. The van der Waals surface area contributed by atoms with Crippen molar-refractivity contribution in [2.75, 3.05) is 0 Å². The van der Waals surface area contributed by atoms with Gasteiger partial charge in [-0.1, -0.05) is 6.92 Å². The minimum absolute atomic E-state index is 0.714. The first-order valence-corrected chi connectivity index (χ1v) is 6.44. The Kier molecular flexibility index (Phi) is 4.02. The lowest BCUT2D eigenvalue weighted by atomic mass is 10.2. The molecular weight excluding hydrogens is 282 g/mol. The van der Waals surface area contributed by atoms with E-state index in [4.69, 9.17) is 4.42 Å². The van der Waals surface area contributed by atoms with Crippen molar-refractivity contribution in [2.24, 2.45) is 7.05 Å². The second-order valence-corrected chi connectivity index (χ2v) is 4.78. The maximum absolute atomic E-state index is 5.33. The largest absolute Gasteiger partial charge is 0.467 e. The molecule has 0 saturated heterocycles. The molecule has 0 radical (unpaired) electrons. The van der Waals surface area contributed by atoms with Gasteiger partial charge in [-0.2, -0.15) is 5.10 Å². The van der Waals surface area contributed by atoms with Crippen LogP contribution < -0.4 is 5.32 Å². The van der Waals surface area contributed by atoms with Gasteiger partial charge in [0.2, 0.25) is 0 Å². The first-order chi connectivity index (χ1) is 8.20. The van der Waals surface area contributed by atoms with Gasteiger partial charge in [-0.3, -0.25) is 4.68 Å². The number of rotatable bonds is 5. The molecule has 0 amide bonds. The molecule has 0 aliphatic carbocycles. The van der Waals surface area contributed by atoms with E-state index in [1.54, 1.807) is 6.26 Å². The lowest BCUT2D eigenvalue weighted by Crippen LogP contribution is -2.13. The third-order valence-electron chi connectivity index (χ3n) is 2.62. The molecule has 0 aromatic carbocycles. The Balaban J connectivity index is 1.92. The number of nitrogens with zero attached hydrogens (tertiary/aromatic N) is 2. The Bertz CT molecular complexity index is 490. The molecule has 0 aliphatic rings. The number of furan rings is 1. The molecule has 2 aromatic heterocycles. The summed E-state index contributed by atoms with van der Waals surface area (Å²) in [6.45, 7) is 3.64. The van der Waals surface area contributed by atoms with Crippen LogP contribution in [0.5, 0.6) is 0 Å². The van der Waals surface area contributed by atoms with Crippen LogP contribution in [0.1, 0.15) is 23.9 Å². The fourth-order valence-corrected chi connectivity index (χ4v) is 2.13. The van der Waals surface area contributed by atoms with Crippen molar-refractivity contribution in [1.29, 1.82) is 0 Å². The zero-order valence-electron chi connectivity index (χ0n) is 10.0. The van der Waals surface area contributed by atoms with Gasteiger partial charge in [0.05, 0.1) is 23.0 Å². The van der Waals surface area contributed by atoms with Crippen LogP contribution in [0.15, 0.2) is 27.4 Å². The predicted molar refractivity (Wildman–Crippen MR) is 69.5 cm³/mol. The van der Waals surface area contributed by atoms with Crippen LogP contribution in [0.3, 0.4) is 0 Å². The minimum Gasteiger partial charge on any atom is -0.467 e. The van der Waals surface area contributed by atoms with Crippen molar-refractivity contribution < 1.29 is 4.42 Å². The monoisotopic (exact) mass is 297 g/mol. The van der Waals surface area contributed by atoms with Crippen molar-refractivity contribution in [3.63, 3.8) is 0 Å². The molecule has 0 spiro atoms. The molecule has 17 heavy (non-hydrogen) atoms. The third kappa shape index (κ3) is 2.98. The molecule has 0 aliphatic heterocycles. The maximum atomic E-state index is 5.33. The van der Waals surface area contributed by atoms with Crippen molar-refractivity contribution in [3.05, 3.63) is 40.0 Å². The Morgan fingerprint density at radius 1 is 1.47 bits per heavy atom. The fourth-order valence-electron chi connectivity index (χ4n) is 1.79. The summed E-state index contributed by atoms with van der Waals surface area (Å²) >= 11 is 3.43. The predicted octanol–water partition coefficient (Wildman–Crippen LogP) is 2.63. The highest BCUT2D eigenvalue weighted by Crippen LogP contribution is 2.17. The summed E-state index contributed by atoms with van der Waals surface area (Å²) in [5, 5.41) is 7.76. The Labute approximate surface area is 109 Å². The van der Waals surface area contributed by atoms with E-state index in [0.29, 0.717) is 6.54 Å². The summed E-state index contributed by atoms with van der Waals surface area (Å²) in [5.41, 5.74) is 2.40. The van der Waals surface area contributed by atoms with Crippen LogP contribution in [0, 0.1) is 0 Å². The molecule has 0 bridgehead atoms. The smallest absolute Gasteiger partial charge is 0.131 e. The van der Waals surface area contributed by atoms with Gasteiger partial charge in [-0.05, 0) is 28.4 Å². The van der Waals surface area contributed by atoms with E-state index < -0.39 is 0 Å². The second kappa shape index (κ2) is 5.51. The number of hydrogen-bond donors (Lipinski definition) is 1. The van der Waals surface area contributed by atoms with E-state index in [1.165, 1.54) is 5.56 Å². The average Bonchev–Trinajstić information content (AvgIpc) is 2.86. The van der Waals surface area contributed by atoms with E-state index in [0.717, 1.165) is 28.9 Å². The third-order valence-corrected chi connectivity index (χ3v) is 3.33. The van der Waals surface area contributed by atoms with Gasteiger partial charge in [-0.15, -0.1) is 0 Å². The molecule has 0 unspecified atom stereocenters. The maximum Gasteiger partial charge on any atom is 0.131 e. The first kappa shape index (κ1) is 12.4. The van der Waals surface area contributed by atoms with E-state index in [2.05, 4.69) is 39.5 Å². The molecule has 0 fully saturated rings. The zero-order chi connectivity index (χ0) is 12.3. The van der Waals surface area contributed by atoms with Crippen LogP contribution in [-0.4, -0.2) is 9.78 Å². The first-order valence-electron chi connectivity index (χ1n) is 5.64. The Hall–Kier alpha value is -1.07. The minimum atomic E-state index is 0.714. The highest BCUT2D eigenvalue weighted by atomic mass is 79.9. The van der Waals surface area contributed by atoms with E-state index >= 15 is 0 Å². The molecule has 0 saturated carbocycles. The van der Waals surface area contributed by atoms with Gasteiger partial charge in [0, 0.05) is 25.4 Å². The molecule has 2 rings (SSSR count). The van der Waals surface area contributed by atoms with Crippen LogP contribution in [0.25, 0.3) is 0 Å². The highest BCUT2D eigenvalue weighted by Gasteiger charge is 2.07. The Morgan fingerprint density at radius 2 is 2.29 bits per heavy atom. The number of aryl methyl sites for hydroxylation is 2. The zero-order valence-corrected chi connectivity index (χ0v) is 11.6. The van der Waals surface area contributed by atoms with E-state index in [9.17, 15) is 0 Å². The van der Waals surface area contributed by atoms with E-state index in [-0.39, 0.29) is 0 Å². The van der Waals surface area contributed by atoms with Crippen LogP contribution in [0.4, 0.5) is 0 Å². The molecule has 1 N–H and O–H groups in total. The fraction of sp³-hybridized carbons (Fsp3) is 0.417. The van der Waals surface area contributed by atoms with Crippen molar-refractivity contribution in [3.8, 4) is 0 Å². The number of aromatic nitrogens is 2. The van der Waals surface area contributed by atoms with Gasteiger partial charge in [-0.25, -0.2) is 0 Å². The summed E-state index contributed by atoms with van der Waals surface area (Å²) < 4.78 is 8.20. The molecule has 0 atom stereocenters. The SMILES string of the molecule is CCc1nn(C)cc1CNCc1occc1Br. The van der Waals surface area contributed by atoms with Gasteiger partial charge in [0.25, 0.3) is 0 Å². The van der Waals surface area contributed by atoms with E-state index in [1.807, 2.05) is 17.8 Å². The summed E-state index contributed by atoms with van der Waals surface area (Å²) in [5.74, 6) is 0.923. The second-order valence-electron chi connectivity index (χ2n) is 3.92. The van der Waals surface area contributed by atoms with Crippen LogP contribution >= 0.6 is 15.9 Å². The molecule has 92 valence electrons. The average molecular weight is 298 g/mol. The van der Waals surface area contributed by atoms with Gasteiger partial charge in [0.1, 0.15) is 5.76 Å². The van der Waals surface area contributed by atoms with Gasteiger partial charge in [0.15, 0.2) is 0 Å². The van der Waals surface area contributed by atoms with Crippen LogP contribution in [0.2, 0.25) is 0 Å². The van der Waals surface area contributed by atoms with Crippen LogP contribution in [-0.2, 0) is 26.6 Å². The van der Waals surface area contributed by atoms with Crippen molar-refractivity contribution in [1.82, 2.24) is 15.1 Å².